The van der Waals surface area contributed by atoms with E-state index < -0.39 is 11.3 Å². The van der Waals surface area contributed by atoms with Gasteiger partial charge in [-0.3, -0.25) is 19.3 Å². The highest BCUT2D eigenvalue weighted by atomic mass is 79.9. The van der Waals surface area contributed by atoms with Gasteiger partial charge >= 0.3 is 0 Å². The second-order valence-electron chi connectivity index (χ2n) is 8.85. The first-order valence-electron chi connectivity index (χ1n) is 9.93. The summed E-state index contributed by atoms with van der Waals surface area (Å²) < 4.78 is 0.981. The molecule has 2 bridgehead atoms. The summed E-state index contributed by atoms with van der Waals surface area (Å²) in [5.74, 6) is -1.11. The van der Waals surface area contributed by atoms with Crippen molar-refractivity contribution >= 4 is 50.1 Å². The van der Waals surface area contributed by atoms with Gasteiger partial charge in [0.25, 0.3) is 0 Å². The number of aryl methyl sites for hydroxylation is 1. The van der Waals surface area contributed by atoms with Gasteiger partial charge in [0.2, 0.25) is 17.7 Å². The second-order valence-corrected chi connectivity index (χ2v) is 11.0. The zero-order chi connectivity index (χ0) is 21.8. The lowest BCUT2D eigenvalue weighted by Gasteiger charge is -2.47. The van der Waals surface area contributed by atoms with E-state index in [1.807, 2.05) is 52.0 Å². The van der Waals surface area contributed by atoms with Crippen LogP contribution in [0.25, 0.3) is 11.3 Å². The standard InChI is InChI=1S/C22H24BrN3O3S/c1-12-17(13-5-7-14(23)8-6-13)25-20(30-12)24-16(27)11-26-18(28)15-9-10-22(4,19(26)29)21(15,2)3/h5-8,15H,9-11H2,1-4H3,(H,24,25,27). The zero-order valence-electron chi connectivity index (χ0n) is 17.4. The summed E-state index contributed by atoms with van der Waals surface area (Å²) in [6, 6.07) is 7.80. The molecule has 4 rings (SSSR count). The van der Waals surface area contributed by atoms with E-state index >= 15 is 0 Å². The smallest absolute Gasteiger partial charge is 0.246 e. The van der Waals surface area contributed by atoms with Crippen molar-refractivity contribution in [2.45, 2.75) is 40.5 Å². The molecule has 3 amide bonds. The Balaban J connectivity index is 1.49. The number of hydrogen-bond donors (Lipinski definition) is 1. The molecule has 0 radical (unpaired) electrons. The third kappa shape index (κ3) is 3.21. The molecule has 1 saturated carbocycles. The van der Waals surface area contributed by atoms with E-state index in [0.29, 0.717) is 18.0 Å². The van der Waals surface area contributed by atoms with Crippen molar-refractivity contribution in [3.8, 4) is 11.3 Å². The van der Waals surface area contributed by atoms with Crippen LogP contribution >= 0.6 is 27.3 Å². The summed E-state index contributed by atoms with van der Waals surface area (Å²) >= 11 is 4.79. The fraction of sp³-hybridized carbons (Fsp3) is 0.455. The van der Waals surface area contributed by atoms with Crippen LogP contribution in [0.4, 0.5) is 5.13 Å². The van der Waals surface area contributed by atoms with Crippen molar-refractivity contribution in [3.05, 3.63) is 33.6 Å². The van der Waals surface area contributed by atoms with Crippen LogP contribution in [0.15, 0.2) is 28.7 Å². The van der Waals surface area contributed by atoms with Gasteiger partial charge in [0.05, 0.1) is 11.1 Å². The number of piperidine rings is 1. The number of aromatic nitrogens is 1. The van der Waals surface area contributed by atoms with Crippen LogP contribution in [0.3, 0.4) is 0 Å². The van der Waals surface area contributed by atoms with Gasteiger partial charge in [0.15, 0.2) is 5.13 Å². The van der Waals surface area contributed by atoms with Crippen molar-refractivity contribution in [1.82, 2.24) is 9.88 Å². The van der Waals surface area contributed by atoms with Crippen LogP contribution in [0.2, 0.25) is 0 Å². The largest absolute Gasteiger partial charge is 0.300 e. The zero-order valence-corrected chi connectivity index (χ0v) is 19.8. The van der Waals surface area contributed by atoms with Gasteiger partial charge in [-0.15, -0.1) is 11.3 Å². The summed E-state index contributed by atoms with van der Waals surface area (Å²) in [7, 11) is 0. The molecule has 1 N–H and O–H groups in total. The third-order valence-corrected chi connectivity index (χ3v) is 8.38. The number of likely N-dealkylation sites (tertiary alicyclic amines) is 1. The molecule has 0 spiro atoms. The molecule has 1 aliphatic heterocycles. The van der Waals surface area contributed by atoms with Crippen LogP contribution in [-0.2, 0) is 14.4 Å². The van der Waals surface area contributed by atoms with Crippen molar-refractivity contribution in [3.63, 3.8) is 0 Å². The van der Waals surface area contributed by atoms with Crippen LogP contribution in [0.5, 0.6) is 0 Å². The number of thiazole rings is 1. The highest BCUT2D eigenvalue weighted by Crippen LogP contribution is 2.59. The van der Waals surface area contributed by atoms with E-state index in [9.17, 15) is 14.4 Å². The molecule has 1 saturated heterocycles. The monoisotopic (exact) mass is 489 g/mol. The summed E-state index contributed by atoms with van der Waals surface area (Å²) in [5, 5.41) is 3.23. The minimum atomic E-state index is -0.613. The number of carbonyl (C=O) groups excluding carboxylic acids is 3. The Morgan fingerprint density at radius 1 is 1.27 bits per heavy atom. The summed E-state index contributed by atoms with van der Waals surface area (Å²) in [6.07, 6.45) is 1.37. The van der Waals surface area contributed by atoms with E-state index in [1.165, 1.54) is 11.3 Å². The van der Waals surface area contributed by atoms with E-state index in [-0.39, 0.29) is 29.7 Å². The number of amides is 3. The number of nitrogens with one attached hydrogen (secondary N) is 1. The first-order chi connectivity index (χ1) is 14.0. The number of nitrogens with zero attached hydrogens (tertiary/aromatic N) is 2. The van der Waals surface area contributed by atoms with Crippen LogP contribution in [0.1, 0.15) is 38.5 Å². The fourth-order valence-corrected chi connectivity index (χ4v) is 5.80. The Kier molecular flexibility index (Phi) is 5.13. The minimum Gasteiger partial charge on any atom is -0.300 e. The maximum absolute atomic E-state index is 13.1. The molecule has 30 heavy (non-hydrogen) atoms. The van der Waals surface area contributed by atoms with E-state index in [2.05, 4.69) is 26.2 Å². The van der Waals surface area contributed by atoms with E-state index in [0.717, 1.165) is 25.5 Å². The summed E-state index contributed by atoms with van der Waals surface area (Å²) in [4.78, 5) is 45.4. The summed E-state index contributed by atoms with van der Waals surface area (Å²) in [5.41, 5.74) is 0.763. The number of carbonyl (C=O) groups is 3. The molecule has 6 nitrogen and oxygen atoms in total. The Morgan fingerprint density at radius 3 is 2.60 bits per heavy atom. The lowest BCUT2D eigenvalue weighted by molar-refractivity contribution is -0.168. The molecule has 8 heteroatoms. The van der Waals surface area contributed by atoms with Crippen molar-refractivity contribution < 1.29 is 14.4 Å². The molecule has 2 unspecified atom stereocenters. The SMILES string of the molecule is Cc1sc(NC(=O)CN2C(=O)C3CCC(C)(C2=O)C3(C)C)nc1-c1ccc(Br)cc1. The molecule has 2 atom stereocenters. The maximum Gasteiger partial charge on any atom is 0.246 e. The minimum absolute atomic E-state index is 0.223. The van der Waals surface area contributed by atoms with Crippen LogP contribution in [-0.4, -0.2) is 34.2 Å². The number of hydrogen-bond acceptors (Lipinski definition) is 5. The lowest BCUT2D eigenvalue weighted by atomic mass is 9.62. The topological polar surface area (TPSA) is 79.4 Å². The molecule has 1 aromatic heterocycles. The van der Waals surface area contributed by atoms with Crippen molar-refractivity contribution in [1.29, 1.82) is 0 Å². The van der Waals surface area contributed by atoms with Gasteiger partial charge in [0, 0.05) is 20.8 Å². The Bertz CT molecular complexity index is 1050. The lowest BCUT2D eigenvalue weighted by Crippen LogP contribution is -2.60. The van der Waals surface area contributed by atoms with Gasteiger partial charge in [-0.25, -0.2) is 4.98 Å². The number of halogens is 1. The predicted molar refractivity (Wildman–Crippen MR) is 120 cm³/mol. The number of fused-ring (bicyclic) bond motifs is 2. The van der Waals surface area contributed by atoms with Gasteiger partial charge in [-0.05, 0) is 37.3 Å². The molecule has 2 fully saturated rings. The molecule has 2 heterocycles. The Morgan fingerprint density at radius 2 is 1.93 bits per heavy atom. The predicted octanol–water partition coefficient (Wildman–Crippen LogP) is 4.63. The van der Waals surface area contributed by atoms with Crippen LogP contribution in [0, 0.1) is 23.7 Å². The molecular weight excluding hydrogens is 466 g/mol. The quantitative estimate of drug-likeness (QED) is 0.634. The van der Waals surface area contributed by atoms with Crippen molar-refractivity contribution in [2.75, 3.05) is 11.9 Å². The van der Waals surface area contributed by atoms with Crippen molar-refractivity contribution in [2.24, 2.45) is 16.7 Å². The van der Waals surface area contributed by atoms with Gasteiger partial charge in [0.1, 0.15) is 6.54 Å². The average molecular weight is 490 g/mol. The molecule has 1 aliphatic carbocycles. The molecule has 1 aromatic carbocycles. The summed E-state index contributed by atoms with van der Waals surface area (Å²) in [6.45, 7) is 7.57. The second kappa shape index (κ2) is 7.27. The fourth-order valence-electron chi connectivity index (χ4n) is 4.68. The Labute approximate surface area is 188 Å². The molecule has 2 aromatic rings. The van der Waals surface area contributed by atoms with E-state index in [4.69, 9.17) is 0 Å². The highest BCUT2D eigenvalue weighted by molar-refractivity contribution is 9.10. The first kappa shape index (κ1) is 21.2. The van der Waals surface area contributed by atoms with E-state index in [1.54, 1.807) is 0 Å². The molecule has 158 valence electrons. The molecule has 2 aliphatic rings. The van der Waals surface area contributed by atoms with Gasteiger partial charge in [-0.1, -0.05) is 48.8 Å². The highest BCUT2D eigenvalue weighted by Gasteiger charge is 2.64. The normalized spacial score (nSPS) is 25.0. The van der Waals surface area contributed by atoms with Crippen LogP contribution < -0.4 is 5.32 Å². The number of rotatable bonds is 4. The first-order valence-corrected chi connectivity index (χ1v) is 11.5. The number of benzene rings is 1. The number of imide groups is 1. The number of anilines is 1. The Hall–Kier alpha value is -2.06. The molecular formula is C22H24BrN3O3S. The van der Waals surface area contributed by atoms with Gasteiger partial charge < -0.3 is 5.32 Å². The van der Waals surface area contributed by atoms with Gasteiger partial charge in [-0.2, -0.15) is 0 Å². The maximum atomic E-state index is 13.1. The third-order valence-electron chi connectivity index (χ3n) is 6.97. The average Bonchev–Trinajstić information content (AvgIpc) is 3.13.